The summed E-state index contributed by atoms with van der Waals surface area (Å²) in [4.78, 5) is 4.31. The van der Waals surface area contributed by atoms with Gasteiger partial charge in [-0.15, -0.1) is 0 Å². The molecule has 1 atom stereocenters. The number of nitrogens with zero attached hydrogens (tertiary/aromatic N) is 1. The van der Waals surface area contributed by atoms with Crippen LogP contribution in [-0.2, 0) is 4.74 Å². The minimum atomic E-state index is 0.381. The molecule has 1 aromatic rings. The summed E-state index contributed by atoms with van der Waals surface area (Å²) < 4.78 is 5.99. The highest BCUT2D eigenvalue weighted by Crippen LogP contribution is 2.15. The van der Waals surface area contributed by atoms with E-state index in [9.17, 15) is 0 Å². The predicted molar refractivity (Wildman–Crippen MR) is 73.7 cm³/mol. The second kappa shape index (κ2) is 7.61. The first-order valence-corrected chi connectivity index (χ1v) is 7.56. The maximum atomic E-state index is 5.99. The summed E-state index contributed by atoms with van der Waals surface area (Å²) in [5, 5.41) is 1.14. The van der Waals surface area contributed by atoms with Gasteiger partial charge in [-0.3, -0.25) is 4.98 Å². The van der Waals surface area contributed by atoms with Crippen LogP contribution in [0.4, 0.5) is 0 Å². The van der Waals surface area contributed by atoms with E-state index in [-0.39, 0.29) is 0 Å². The molecule has 17 heavy (non-hydrogen) atoms. The minimum absolute atomic E-state index is 0.381. The van der Waals surface area contributed by atoms with Crippen LogP contribution in [0.2, 0.25) is 0 Å². The van der Waals surface area contributed by atoms with Crippen molar-refractivity contribution < 1.29 is 4.74 Å². The Morgan fingerprint density at radius 3 is 2.53 bits per heavy atom. The average Bonchev–Trinajstić information content (AvgIpc) is 2.28. The van der Waals surface area contributed by atoms with Crippen LogP contribution in [0.15, 0.2) is 24.4 Å². The highest BCUT2D eigenvalue weighted by molar-refractivity contribution is 6.52. The molecule has 2 nitrogen and oxygen atoms in total. The lowest BCUT2D eigenvalue weighted by atomic mass is 9.97. The molecule has 0 saturated heterocycles. The molecule has 0 fully saturated rings. The average molecular weight is 249 g/mol. The van der Waals surface area contributed by atoms with E-state index in [0.717, 1.165) is 18.0 Å². The van der Waals surface area contributed by atoms with E-state index in [0.29, 0.717) is 27.5 Å². The maximum absolute atomic E-state index is 5.99. The lowest BCUT2D eigenvalue weighted by molar-refractivity contribution is 0.0351. The van der Waals surface area contributed by atoms with E-state index in [4.69, 9.17) is 4.74 Å². The molecule has 0 amide bonds. The molecule has 1 rings (SSSR count). The fraction of sp³-hybridized carbons (Fsp3) is 0.643. The number of hydrogen-bond donors (Lipinski definition) is 0. The van der Waals surface area contributed by atoms with Gasteiger partial charge in [0.2, 0.25) is 0 Å². The fourth-order valence-electron chi connectivity index (χ4n) is 1.69. The number of pyridine rings is 1. The Labute approximate surface area is 108 Å². The van der Waals surface area contributed by atoms with Crippen LogP contribution in [-0.4, -0.2) is 26.8 Å². The van der Waals surface area contributed by atoms with Crippen molar-refractivity contribution in [1.82, 2.24) is 4.98 Å². The van der Waals surface area contributed by atoms with Gasteiger partial charge in [0.25, 0.3) is 0 Å². The largest absolute Gasteiger partial charge is 0.381 e. The third-order valence-corrected chi connectivity index (χ3v) is 3.63. The van der Waals surface area contributed by atoms with Crippen molar-refractivity contribution in [3.8, 4) is 0 Å². The summed E-state index contributed by atoms with van der Waals surface area (Å²) in [6, 6.07) is 6.04. The monoisotopic (exact) mass is 249 g/mol. The zero-order valence-corrected chi connectivity index (χ0v) is 12.3. The van der Waals surface area contributed by atoms with Crippen LogP contribution >= 0.6 is 0 Å². The first-order valence-electron chi connectivity index (χ1n) is 6.36. The molecule has 0 spiro atoms. The van der Waals surface area contributed by atoms with Crippen LogP contribution < -0.4 is 5.32 Å². The van der Waals surface area contributed by atoms with Crippen molar-refractivity contribution >= 4 is 14.8 Å². The summed E-state index contributed by atoms with van der Waals surface area (Å²) >= 11 is 0. The Morgan fingerprint density at radius 2 is 2.00 bits per heavy atom. The maximum Gasteiger partial charge on any atom is 0.140 e. The highest BCUT2D eigenvalue weighted by Gasteiger charge is 2.15. The minimum Gasteiger partial charge on any atom is -0.381 e. The SMILES string of the molecule is CC(C)CC(OC[Si]c1ccccn1)C(C)C. The molecule has 94 valence electrons. The van der Waals surface area contributed by atoms with E-state index in [2.05, 4.69) is 38.7 Å². The summed E-state index contributed by atoms with van der Waals surface area (Å²) in [7, 11) is 0.653. The summed E-state index contributed by atoms with van der Waals surface area (Å²) in [6.45, 7) is 8.97. The van der Waals surface area contributed by atoms with E-state index in [1.807, 2.05) is 18.3 Å². The predicted octanol–water partition coefficient (Wildman–Crippen LogP) is 2.46. The van der Waals surface area contributed by atoms with E-state index < -0.39 is 0 Å². The Morgan fingerprint density at radius 1 is 1.24 bits per heavy atom. The summed E-state index contributed by atoms with van der Waals surface area (Å²) in [5.74, 6) is 1.28. The lowest BCUT2D eigenvalue weighted by Crippen LogP contribution is -2.29. The molecule has 3 heteroatoms. The van der Waals surface area contributed by atoms with Crippen LogP contribution in [0.1, 0.15) is 34.1 Å². The molecule has 1 heterocycles. The van der Waals surface area contributed by atoms with Crippen LogP contribution in [0, 0.1) is 11.8 Å². The highest BCUT2D eigenvalue weighted by atomic mass is 28.2. The third kappa shape index (κ3) is 5.98. The van der Waals surface area contributed by atoms with Gasteiger partial charge < -0.3 is 4.74 Å². The molecule has 2 radical (unpaired) electrons. The summed E-state index contributed by atoms with van der Waals surface area (Å²) in [6.07, 6.45) is 4.17. The number of ether oxygens (including phenoxy) is 1. The molecule has 0 N–H and O–H groups in total. The van der Waals surface area contributed by atoms with Crippen molar-refractivity contribution in [2.45, 2.75) is 40.2 Å². The van der Waals surface area contributed by atoms with Gasteiger partial charge in [-0.05, 0) is 30.4 Å². The zero-order chi connectivity index (χ0) is 12.7. The number of hydrogen-bond acceptors (Lipinski definition) is 2. The van der Waals surface area contributed by atoms with Crippen molar-refractivity contribution in [2.75, 3.05) is 6.23 Å². The Hall–Kier alpha value is -0.673. The topological polar surface area (TPSA) is 22.1 Å². The lowest BCUT2D eigenvalue weighted by Gasteiger charge is -2.23. The van der Waals surface area contributed by atoms with Gasteiger partial charge >= 0.3 is 0 Å². The van der Waals surface area contributed by atoms with Crippen molar-refractivity contribution in [3.05, 3.63) is 24.4 Å². The quantitative estimate of drug-likeness (QED) is 0.693. The summed E-state index contributed by atoms with van der Waals surface area (Å²) in [5.41, 5.74) is 0. The number of rotatable bonds is 7. The molecule has 0 aliphatic carbocycles. The molecule has 0 saturated carbocycles. The van der Waals surface area contributed by atoms with Gasteiger partial charge in [-0.25, -0.2) is 0 Å². The molecule has 0 aromatic carbocycles. The second-order valence-electron chi connectivity index (χ2n) is 5.11. The van der Waals surface area contributed by atoms with Gasteiger partial charge in [0.1, 0.15) is 9.52 Å². The fourth-order valence-corrected chi connectivity index (χ4v) is 2.51. The standard InChI is InChI=1S/C14H23NOSi/c1-11(2)9-13(12(3)4)16-10-17-14-7-5-6-8-15-14/h5-8,11-13H,9-10H2,1-4H3. The Kier molecular flexibility index (Phi) is 6.44. The second-order valence-corrected chi connectivity index (χ2v) is 6.27. The normalized spacial score (nSPS) is 13.3. The first kappa shape index (κ1) is 14.4. The molecule has 0 bridgehead atoms. The Balaban J connectivity index is 2.32. The number of aromatic nitrogens is 1. The molecule has 1 aromatic heterocycles. The van der Waals surface area contributed by atoms with Gasteiger partial charge in [-0.2, -0.15) is 0 Å². The van der Waals surface area contributed by atoms with E-state index in [1.54, 1.807) is 0 Å². The van der Waals surface area contributed by atoms with Gasteiger partial charge in [0, 0.05) is 17.7 Å². The van der Waals surface area contributed by atoms with Crippen molar-refractivity contribution in [2.24, 2.45) is 11.8 Å². The first-order chi connectivity index (χ1) is 8.09. The van der Waals surface area contributed by atoms with Gasteiger partial charge in [-0.1, -0.05) is 33.8 Å². The van der Waals surface area contributed by atoms with Crippen LogP contribution in [0.3, 0.4) is 0 Å². The smallest absolute Gasteiger partial charge is 0.140 e. The van der Waals surface area contributed by atoms with E-state index in [1.165, 1.54) is 0 Å². The molecule has 0 aliphatic heterocycles. The van der Waals surface area contributed by atoms with E-state index >= 15 is 0 Å². The molecule has 0 aliphatic rings. The van der Waals surface area contributed by atoms with Crippen LogP contribution in [0.25, 0.3) is 0 Å². The molecular formula is C14H23NOSi. The van der Waals surface area contributed by atoms with Gasteiger partial charge in [0.05, 0.1) is 6.10 Å². The van der Waals surface area contributed by atoms with Crippen LogP contribution in [0.5, 0.6) is 0 Å². The Bertz CT molecular complexity index is 300. The molecular weight excluding hydrogens is 226 g/mol. The van der Waals surface area contributed by atoms with Crippen molar-refractivity contribution in [1.29, 1.82) is 0 Å². The molecule has 1 unspecified atom stereocenters. The van der Waals surface area contributed by atoms with Gasteiger partial charge in [0.15, 0.2) is 0 Å². The van der Waals surface area contributed by atoms with Crippen molar-refractivity contribution in [3.63, 3.8) is 0 Å². The third-order valence-electron chi connectivity index (χ3n) is 2.66. The zero-order valence-electron chi connectivity index (χ0n) is 11.3.